The minimum atomic E-state index is 0.574. The standard InChI is InChI=1S/C17H29BrN2/c1-3-5-6-7-8-9-16(19-12-4-2)13-17-11-10-15(18)14-20-17/h10-11,14,16,19H,3-9,12-13H2,1-2H3. The number of unbranched alkanes of at least 4 members (excludes halogenated alkanes) is 4. The lowest BCUT2D eigenvalue weighted by Gasteiger charge is -2.18. The largest absolute Gasteiger partial charge is 0.314 e. The monoisotopic (exact) mass is 340 g/mol. The highest BCUT2D eigenvalue weighted by Gasteiger charge is 2.09. The third-order valence-corrected chi connectivity index (χ3v) is 4.05. The van der Waals surface area contributed by atoms with E-state index in [-0.39, 0.29) is 0 Å². The normalized spacial score (nSPS) is 12.6. The molecule has 0 amide bonds. The molecule has 1 unspecified atom stereocenters. The highest BCUT2D eigenvalue weighted by molar-refractivity contribution is 9.10. The van der Waals surface area contributed by atoms with E-state index in [0.717, 1.165) is 17.4 Å². The summed E-state index contributed by atoms with van der Waals surface area (Å²) in [6.45, 7) is 5.60. The van der Waals surface area contributed by atoms with Gasteiger partial charge in [0.05, 0.1) is 0 Å². The number of hydrogen-bond acceptors (Lipinski definition) is 2. The van der Waals surface area contributed by atoms with E-state index in [4.69, 9.17) is 0 Å². The van der Waals surface area contributed by atoms with Crippen LogP contribution in [0.15, 0.2) is 22.8 Å². The van der Waals surface area contributed by atoms with Gasteiger partial charge in [0.15, 0.2) is 0 Å². The van der Waals surface area contributed by atoms with Crippen molar-refractivity contribution in [3.05, 3.63) is 28.5 Å². The van der Waals surface area contributed by atoms with E-state index in [9.17, 15) is 0 Å². The number of halogens is 1. The maximum Gasteiger partial charge on any atom is 0.0419 e. The maximum absolute atomic E-state index is 4.50. The molecular weight excluding hydrogens is 312 g/mol. The van der Waals surface area contributed by atoms with E-state index in [0.29, 0.717) is 6.04 Å². The van der Waals surface area contributed by atoms with Gasteiger partial charge in [0, 0.05) is 28.8 Å². The van der Waals surface area contributed by atoms with Crippen molar-refractivity contribution in [1.82, 2.24) is 10.3 Å². The van der Waals surface area contributed by atoms with Crippen LogP contribution in [0, 0.1) is 0 Å². The summed E-state index contributed by atoms with van der Waals surface area (Å²) in [4.78, 5) is 4.50. The van der Waals surface area contributed by atoms with Crippen LogP contribution in [0.25, 0.3) is 0 Å². The van der Waals surface area contributed by atoms with Gasteiger partial charge in [-0.05, 0) is 47.4 Å². The predicted octanol–water partition coefficient (Wildman–Crippen LogP) is 5.12. The Hall–Kier alpha value is -0.410. The quantitative estimate of drug-likeness (QED) is 0.565. The predicted molar refractivity (Wildman–Crippen MR) is 91.1 cm³/mol. The summed E-state index contributed by atoms with van der Waals surface area (Å²) < 4.78 is 1.05. The third-order valence-electron chi connectivity index (χ3n) is 3.58. The van der Waals surface area contributed by atoms with Crippen molar-refractivity contribution < 1.29 is 0 Å². The van der Waals surface area contributed by atoms with Crippen molar-refractivity contribution in [2.24, 2.45) is 0 Å². The molecule has 0 aliphatic carbocycles. The first-order chi connectivity index (χ1) is 9.76. The SMILES string of the molecule is CCCCCCCC(Cc1ccc(Br)cn1)NCCC. The van der Waals surface area contributed by atoms with Crippen LogP contribution in [0.3, 0.4) is 0 Å². The summed E-state index contributed by atoms with van der Waals surface area (Å²) in [5.41, 5.74) is 1.19. The Morgan fingerprint density at radius 2 is 1.90 bits per heavy atom. The maximum atomic E-state index is 4.50. The van der Waals surface area contributed by atoms with Crippen LogP contribution in [0.1, 0.15) is 64.5 Å². The lowest BCUT2D eigenvalue weighted by Crippen LogP contribution is -2.32. The van der Waals surface area contributed by atoms with Crippen LogP contribution < -0.4 is 5.32 Å². The van der Waals surface area contributed by atoms with Gasteiger partial charge in [-0.2, -0.15) is 0 Å². The molecule has 0 fully saturated rings. The molecule has 1 N–H and O–H groups in total. The first kappa shape index (κ1) is 17.6. The number of nitrogens with zero attached hydrogens (tertiary/aromatic N) is 1. The Bertz CT molecular complexity index is 337. The first-order valence-electron chi connectivity index (χ1n) is 8.10. The fraction of sp³-hybridized carbons (Fsp3) is 0.706. The Kier molecular flexibility index (Phi) is 9.94. The Morgan fingerprint density at radius 3 is 2.55 bits per heavy atom. The molecule has 1 aromatic rings. The third kappa shape index (κ3) is 8.01. The number of aromatic nitrogens is 1. The molecule has 1 rings (SSSR count). The molecule has 1 atom stereocenters. The fourth-order valence-corrected chi connectivity index (χ4v) is 2.63. The van der Waals surface area contributed by atoms with Crippen LogP contribution in [0.5, 0.6) is 0 Å². The number of nitrogens with one attached hydrogen (secondary N) is 1. The van der Waals surface area contributed by atoms with Gasteiger partial charge in [-0.25, -0.2) is 0 Å². The van der Waals surface area contributed by atoms with Crippen LogP contribution >= 0.6 is 15.9 Å². The van der Waals surface area contributed by atoms with Gasteiger partial charge in [-0.1, -0.05) is 46.0 Å². The van der Waals surface area contributed by atoms with E-state index >= 15 is 0 Å². The minimum absolute atomic E-state index is 0.574. The lowest BCUT2D eigenvalue weighted by molar-refractivity contribution is 0.448. The van der Waals surface area contributed by atoms with E-state index in [1.165, 1.54) is 50.6 Å². The smallest absolute Gasteiger partial charge is 0.0419 e. The second-order valence-corrected chi connectivity index (χ2v) is 6.44. The van der Waals surface area contributed by atoms with Gasteiger partial charge >= 0.3 is 0 Å². The summed E-state index contributed by atoms with van der Waals surface area (Å²) in [5.74, 6) is 0. The zero-order valence-corrected chi connectivity index (χ0v) is 14.6. The Morgan fingerprint density at radius 1 is 1.10 bits per heavy atom. The molecule has 0 aromatic carbocycles. The molecule has 0 saturated carbocycles. The Balaban J connectivity index is 2.36. The zero-order valence-electron chi connectivity index (χ0n) is 13.0. The van der Waals surface area contributed by atoms with E-state index in [2.05, 4.69) is 52.2 Å². The van der Waals surface area contributed by atoms with Crippen molar-refractivity contribution in [2.45, 2.75) is 71.3 Å². The number of rotatable bonds is 11. The Labute approximate surface area is 132 Å². The van der Waals surface area contributed by atoms with E-state index in [1.807, 2.05) is 6.20 Å². The van der Waals surface area contributed by atoms with Gasteiger partial charge in [0.2, 0.25) is 0 Å². The van der Waals surface area contributed by atoms with Crippen molar-refractivity contribution in [1.29, 1.82) is 0 Å². The van der Waals surface area contributed by atoms with Gasteiger partial charge in [-0.15, -0.1) is 0 Å². The van der Waals surface area contributed by atoms with Crippen LogP contribution in [0.4, 0.5) is 0 Å². The van der Waals surface area contributed by atoms with Crippen LogP contribution in [-0.4, -0.2) is 17.6 Å². The number of hydrogen-bond donors (Lipinski definition) is 1. The van der Waals surface area contributed by atoms with Gasteiger partial charge in [0.25, 0.3) is 0 Å². The molecule has 2 nitrogen and oxygen atoms in total. The van der Waals surface area contributed by atoms with Crippen LogP contribution in [0.2, 0.25) is 0 Å². The molecule has 0 aliphatic rings. The average Bonchev–Trinajstić information content (AvgIpc) is 2.46. The summed E-state index contributed by atoms with van der Waals surface area (Å²) in [6, 6.07) is 4.78. The first-order valence-corrected chi connectivity index (χ1v) is 8.89. The van der Waals surface area contributed by atoms with Crippen molar-refractivity contribution in [2.75, 3.05) is 6.54 Å². The topological polar surface area (TPSA) is 24.9 Å². The van der Waals surface area contributed by atoms with Gasteiger partial charge in [-0.3, -0.25) is 4.98 Å². The summed E-state index contributed by atoms with van der Waals surface area (Å²) in [6.07, 6.45) is 12.2. The van der Waals surface area contributed by atoms with Gasteiger partial charge in [0.1, 0.15) is 0 Å². The molecule has 1 aromatic heterocycles. The molecule has 1 heterocycles. The number of pyridine rings is 1. The second kappa shape index (κ2) is 11.3. The molecule has 0 radical (unpaired) electrons. The highest BCUT2D eigenvalue weighted by atomic mass is 79.9. The highest BCUT2D eigenvalue weighted by Crippen LogP contribution is 2.13. The van der Waals surface area contributed by atoms with Crippen molar-refractivity contribution >= 4 is 15.9 Å². The molecule has 0 bridgehead atoms. The average molecular weight is 341 g/mol. The van der Waals surface area contributed by atoms with Crippen LogP contribution in [-0.2, 0) is 6.42 Å². The fourth-order valence-electron chi connectivity index (χ4n) is 2.40. The molecule has 3 heteroatoms. The van der Waals surface area contributed by atoms with Crippen molar-refractivity contribution in [3.63, 3.8) is 0 Å². The molecule has 0 saturated heterocycles. The minimum Gasteiger partial charge on any atom is -0.314 e. The second-order valence-electron chi connectivity index (χ2n) is 5.53. The summed E-state index contributed by atoms with van der Waals surface area (Å²) >= 11 is 3.44. The van der Waals surface area contributed by atoms with E-state index < -0.39 is 0 Å². The van der Waals surface area contributed by atoms with Gasteiger partial charge < -0.3 is 5.32 Å². The zero-order chi connectivity index (χ0) is 14.6. The van der Waals surface area contributed by atoms with Crippen molar-refractivity contribution in [3.8, 4) is 0 Å². The molecule has 20 heavy (non-hydrogen) atoms. The summed E-state index contributed by atoms with van der Waals surface area (Å²) in [7, 11) is 0. The molecule has 0 aliphatic heterocycles. The summed E-state index contributed by atoms with van der Waals surface area (Å²) in [5, 5.41) is 3.67. The molecule has 114 valence electrons. The van der Waals surface area contributed by atoms with E-state index in [1.54, 1.807) is 0 Å². The molecular formula is C17H29BrN2. The molecule has 0 spiro atoms. The lowest BCUT2D eigenvalue weighted by atomic mass is 10.0.